The van der Waals surface area contributed by atoms with Gasteiger partial charge in [0.05, 0.1) is 50.1 Å². The summed E-state index contributed by atoms with van der Waals surface area (Å²) in [4.78, 5) is 72.3. The molecular formula is C47H54N8O6. The summed E-state index contributed by atoms with van der Waals surface area (Å²) in [7, 11) is 2.61. The first-order valence-corrected chi connectivity index (χ1v) is 21.5. The Balaban J connectivity index is 0.891. The van der Waals surface area contributed by atoms with E-state index in [4.69, 9.17) is 19.4 Å². The lowest BCUT2D eigenvalue weighted by Crippen LogP contribution is -2.51. The third kappa shape index (κ3) is 7.61. The van der Waals surface area contributed by atoms with Crippen molar-refractivity contribution in [2.75, 3.05) is 20.8 Å². The molecule has 4 fully saturated rings. The quantitative estimate of drug-likeness (QED) is 0.104. The predicted octanol–water partition coefficient (Wildman–Crippen LogP) is 7.91. The first kappa shape index (κ1) is 40.2. The monoisotopic (exact) mass is 826 g/mol. The van der Waals surface area contributed by atoms with Crippen LogP contribution in [-0.2, 0) is 19.1 Å². The number of alkyl carbamates (subject to hydrolysis) is 2. The van der Waals surface area contributed by atoms with Gasteiger partial charge in [-0.15, -0.1) is 0 Å². The van der Waals surface area contributed by atoms with E-state index in [1.165, 1.54) is 14.2 Å². The van der Waals surface area contributed by atoms with Crippen molar-refractivity contribution in [3.63, 3.8) is 0 Å². The minimum absolute atomic E-state index is 0.0884. The number of nitrogens with zero attached hydrogens (tertiary/aromatic N) is 4. The van der Waals surface area contributed by atoms with E-state index in [1.54, 1.807) is 0 Å². The van der Waals surface area contributed by atoms with Crippen LogP contribution in [0.5, 0.6) is 0 Å². The number of carbonyl (C=O) groups excluding carboxylic acids is 4. The number of amides is 4. The predicted molar refractivity (Wildman–Crippen MR) is 230 cm³/mol. The number of aromatic nitrogens is 4. The highest BCUT2D eigenvalue weighted by Crippen LogP contribution is 2.58. The first-order valence-electron chi connectivity index (χ1n) is 21.5. The summed E-state index contributed by atoms with van der Waals surface area (Å²) in [6.07, 6.45) is 8.92. The van der Waals surface area contributed by atoms with Gasteiger partial charge in [0.2, 0.25) is 11.8 Å². The number of ether oxygens (including phenoxy) is 2. The fourth-order valence-electron chi connectivity index (χ4n) is 10.0. The molecule has 3 aromatic carbocycles. The standard InChI is InChI=1S/C47H54N8O6/c1-6-35(52-45(58)60-4)43(56)55-34-16-15-33(21-34)40(55)42-49-23-36(51-42)28-9-7-27(8-10-28)29-11-12-31-20-32(14-13-30(31)19-29)37-24-48-41(50-37)38-22-47(17-18-47)25-54(38)44(57)39(26(2)3)53-46(59)61-5/h7-14,19-20,23-24,26,33-35,38-40H,6,15-18,21-22,25H2,1-5H3,(H,48,50)(H,49,51)(H,52,58)(H,53,59)/t33-,34+,35-,38-,39-,40-/m0/s1. The number of imidazole rings is 2. The van der Waals surface area contributed by atoms with Crippen LogP contribution in [0.1, 0.15) is 89.4 Å². The van der Waals surface area contributed by atoms with Crippen molar-refractivity contribution in [1.82, 2.24) is 40.4 Å². The maximum Gasteiger partial charge on any atom is 0.407 e. The van der Waals surface area contributed by atoms with Crippen molar-refractivity contribution in [3.8, 4) is 33.6 Å². The van der Waals surface area contributed by atoms with Crippen LogP contribution in [0, 0.1) is 17.3 Å². The number of rotatable bonds is 11. The van der Waals surface area contributed by atoms with Gasteiger partial charge in [0.1, 0.15) is 23.7 Å². The summed E-state index contributed by atoms with van der Waals surface area (Å²) in [5.74, 6) is 1.56. The van der Waals surface area contributed by atoms with Crippen LogP contribution in [0.3, 0.4) is 0 Å². The molecule has 0 radical (unpaired) electrons. The van der Waals surface area contributed by atoms with Gasteiger partial charge < -0.3 is 39.9 Å². The number of likely N-dealkylation sites (tertiary alicyclic amines) is 2. The molecule has 0 unspecified atom stereocenters. The smallest absolute Gasteiger partial charge is 0.407 e. The molecule has 9 rings (SSSR count). The third-order valence-corrected chi connectivity index (χ3v) is 13.6. The maximum atomic E-state index is 13.9. The first-order chi connectivity index (χ1) is 29.5. The molecule has 1 spiro atoms. The van der Waals surface area contributed by atoms with E-state index >= 15 is 0 Å². The summed E-state index contributed by atoms with van der Waals surface area (Å²) in [6, 6.07) is 19.7. The molecule has 5 aromatic rings. The number of hydrogen-bond acceptors (Lipinski definition) is 8. The molecule has 6 atom stereocenters. The van der Waals surface area contributed by atoms with Crippen molar-refractivity contribution in [1.29, 1.82) is 0 Å². The van der Waals surface area contributed by atoms with Crippen LogP contribution in [0.25, 0.3) is 44.4 Å². The van der Waals surface area contributed by atoms with E-state index in [0.29, 0.717) is 18.9 Å². The minimum atomic E-state index is -0.686. The summed E-state index contributed by atoms with van der Waals surface area (Å²) in [5.41, 5.74) is 6.09. The van der Waals surface area contributed by atoms with Crippen LogP contribution in [0.15, 0.2) is 73.1 Å². The molecule has 61 heavy (non-hydrogen) atoms. The zero-order valence-electron chi connectivity index (χ0n) is 35.4. The van der Waals surface area contributed by atoms with E-state index in [9.17, 15) is 19.2 Å². The van der Waals surface area contributed by atoms with E-state index in [0.717, 1.165) is 94.6 Å². The largest absolute Gasteiger partial charge is 0.453 e. The summed E-state index contributed by atoms with van der Waals surface area (Å²) >= 11 is 0. The van der Waals surface area contributed by atoms with Gasteiger partial charge in [-0.05, 0) is 102 Å². The zero-order chi connectivity index (χ0) is 42.6. The number of fused-ring (bicyclic) bond motifs is 3. The zero-order valence-corrected chi connectivity index (χ0v) is 35.4. The highest BCUT2D eigenvalue weighted by Gasteiger charge is 2.55. The molecule has 14 heteroatoms. The van der Waals surface area contributed by atoms with Crippen LogP contribution < -0.4 is 10.6 Å². The van der Waals surface area contributed by atoms with Crippen molar-refractivity contribution in [3.05, 3.63) is 84.7 Å². The minimum Gasteiger partial charge on any atom is -0.453 e. The van der Waals surface area contributed by atoms with E-state index in [2.05, 4.69) is 81.3 Å². The number of nitrogens with one attached hydrogen (secondary N) is 4. The van der Waals surface area contributed by atoms with Crippen molar-refractivity contribution in [2.24, 2.45) is 17.3 Å². The van der Waals surface area contributed by atoms with E-state index in [-0.39, 0.29) is 41.3 Å². The molecule has 318 valence electrons. The van der Waals surface area contributed by atoms with Crippen LogP contribution in [0.4, 0.5) is 9.59 Å². The van der Waals surface area contributed by atoms with Gasteiger partial charge >= 0.3 is 12.2 Å². The number of hydrogen-bond donors (Lipinski definition) is 4. The van der Waals surface area contributed by atoms with Gasteiger partial charge in [-0.2, -0.15) is 0 Å². The summed E-state index contributed by atoms with van der Waals surface area (Å²) < 4.78 is 9.60. The highest BCUT2D eigenvalue weighted by molar-refractivity contribution is 5.91. The Kier molecular flexibility index (Phi) is 10.6. The third-order valence-electron chi connectivity index (χ3n) is 13.6. The lowest BCUT2D eigenvalue weighted by atomic mass is 9.97. The number of benzene rings is 3. The molecule has 2 saturated heterocycles. The molecule has 2 aliphatic heterocycles. The molecule has 4 heterocycles. The Bertz CT molecular complexity index is 2470. The van der Waals surface area contributed by atoms with Crippen molar-refractivity contribution >= 4 is 34.8 Å². The molecule has 14 nitrogen and oxygen atoms in total. The molecule has 2 saturated carbocycles. The molecule has 4 aliphatic rings. The maximum absolute atomic E-state index is 13.9. The lowest BCUT2D eigenvalue weighted by Gasteiger charge is -2.36. The van der Waals surface area contributed by atoms with Crippen molar-refractivity contribution < 1.29 is 28.7 Å². The fourth-order valence-corrected chi connectivity index (χ4v) is 10.0. The van der Waals surface area contributed by atoms with Gasteiger partial charge in [0.25, 0.3) is 0 Å². The fraction of sp³-hybridized carbons (Fsp3) is 0.447. The van der Waals surface area contributed by atoms with Crippen LogP contribution in [0.2, 0.25) is 0 Å². The van der Waals surface area contributed by atoms with E-state index in [1.807, 2.05) is 43.0 Å². The van der Waals surface area contributed by atoms with Crippen molar-refractivity contribution in [2.45, 2.75) is 95.9 Å². The number of methoxy groups -OCH3 is 2. The molecular weight excluding hydrogens is 773 g/mol. The number of H-pyrrole nitrogens is 2. The SMILES string of the molecule is CC[C@H](NC(=O)OC)C(=O)N1[C@@H]2CC[C@@H](C2)[C@H]1c1ncc(-c2ccc(-c3ccc4cc(-c5cnc([C@@H]6CC7(CC7)CN6C(=O)[C@@H](NC(=O)OC)C(C)C)[nH]5)ccc4c3)cc2)[nH]1. The lowest BCUT2D eigenvalue weighted by molar-refractivity contribution is -0.138. The second kappa shape index (κ2) is 16.0. The van der Waals surface area contributed by atoms with Gasteiger partial charge in [-0.3, -0.25) is 9.59 Å². The second-order valence-corrected chi connectivity index (χ2v) is 17.8. The second-order valence-electron chi connectivity index (χ2n) is 17.8. The molecule has 4 N–H and O–H groups in total. The molecule has 2 aliphatic carbocycles. The number of aromatic amines is 2. The van der Waals surface area contributed by atoms with Gasteiger partial charge in [0, 0.05) is 18.2 Å². The number of carbonyl (C=O) groups is 4. The average molecular weight is 827 g/mol. The average Bonchev–Trinajstić information content (AvgIpc) is 3.91. The van der Waals surface area contributed by atoms with Crippen LogP contribution >= 0.6 is 0 Å². The van der Waals surface area contributed by atoms with E-state index < -0.39 is 24.3 Å². The number of piperidine rings is 1. The Morgan fingerprint density at radius 1 is 0.787 bits per heavy atom. The highest BCUT2D eigenvalue weighted by atomic mass is 16.5. The normalized spacial score (nSPS) is 22.1. The molecule has 2 aromatic heterocycles. The van der Waals surface area contributed by atoms with Gasteiger partial charge in [0.15, 0.2) is 0 Å². The Hall–Kier alpha value is -6.18. The summed E-state index contributed by atoms with van der Waals surface area (Å²) in [5, 5.41) is 7.68. The summed E-state index contributed by atoms with van der Waals surface area (Å²) in [6.45, 7) is 6.40. The van der Waals surface area contributed by atoms with Crippen LogP contribution in [-0.4, -0.2) is 92.6 Å². The van der Waals surface area contributed by atoms with Gasteiger partial charge in [-0.25, -0.2) is 19.6 Å². The molecule has 2 bridgehead atoms. The molecule has 4 amide bonds. The Morgan fingerprint density at radius 2 is 1.39 bits per heavy atom. The Morgan fingerprint density at radius 3 is 2.07 bits per heavy atom. The van der Waals surface area contributed by atoms with Gasteiger partial charge in [-0.1, -0.05) is 69.3 Å². The Labute approximate surface area is 355 Å². The topological polar surface area (TPSA) is 175 Å².